The molecule has 1 amide bonds. The van der Waals surface area contributed by atoms with E-state index in [1.807, 2.05) is 5.32 Å². The molecule has 0 aliphatic heterocycles. The van der Waals surface area contributed by atoms with Gasteiger partial charge < -0.3 is 10.5 Å². The molecular formula is C22H18ClF3N2O4S. The molecule has 1 aromatic heterocycles. The van der Waals surface area contributed by atoms with Crippen molar-refractivity contribution in [1.29, 1.82) is 0 Å². The summed E-state index contributed by atoms with van der Waals surface area (Å²) in [5.41, 5.74) is 1.25. The van der Waals surface area contributed by atoms with Crippen molar-refractivity contribution in [2.24, 2.45) is 0 Å². The molecule has 11 heteroatoms. The Balaban J connectivity index is 1.89. The first kappa shape index (κ1) is 24.5. The van der Waals surface area contributed by atoms with E-state index >= 15 is 0 Å². The van der Waals surface area contributed by atoms with Gasteiger partial charge in [0.25, 0.3) is 9.84 Å². The van der Waals surface area contributed by atoms with Crippen LogP contribution in [-0.4, -0.2) is 20.5 Å². The van der Waals surface area contributed by atoms with Crippen LogP contribution in [0.4, 0.5) is 13.2 Å². The molecule has 0 fully saturated rings. The minimum atomic E-state index is -4.99. The summed E-state index contributed by atoms with van der Waals surface area (Å²) in [5, 5.41) is 13.8. The van der Waals surface area contributed by atoms with E-state index in [1.54, 1.807) is 18.2 Å². The number of alkyl halides is 3. The maximum Gasteiger partial charge on any atom is 0.471 e. The molecule has 1 unspecified atom stereocenters. The topological polar surface area (TPSA) is 90.2 Å². The van der Waals surface area contributed by atoms with Crippen LogP contribution in [0.25, 0.3) is 0 Å². The molecule has 0 bridgehead atoms. The second-order valence-corrected chi connectivity index (χ2v) is 9.45. The third kappa shape index (κ3) is 5.45. The van der Waals surface area contributed by atoms with Gasteiger partial charge in [-0.3, -0.25) is 4.79 Å². The van der Waals surface area contributed by atoms with E-state index in [0.29, 0.717) is 11.1 Å². The summed E-state index contributed by atoms with van der Waals surface area (Å²) in [5.74, 6) is -2.04. The zero-order valence-electron chi connectivity index (χ0n) is 17.1. The number of hydrogen-bond acceptors (Lipinski definition) is 4. The van der Waals surface area contributed by atoms with Crippen LogP contribution in [0.3, 0.4) is 0 Å². The number of rotatable bonds is 6. The van der Waals surface area contributed by atoms with Gasteiger partial charge in [0.2, 0.25) is 0 Å². The molecule has 33 heavy (non-hydrogen) atoms. The maximum atomic E-state index is 13.2. The Morgan fingerprint density at radius 3 is 2.33 bits per heavy atom. The summed E-state index contributed by atoms with van der Waals surface area (Å²) >= 11 is 6.04. The van der Waals surface area contributed by atoms with Crippen molar-refractivity contribution in [2.75, 3.05) is 0 Å². The maximum absolute atomic E-state index is 13.2. The fourth-order valence-electron chi connectivity index (χ4n) is 3.22. The predicted molar refractivity (Wildman–Crippen MR) is 114 cm³/mol. The van der Waals surface area contributed by atoms with Gasteiger partial charge in [0.1, 0.15) is 0 Å². The number of nitrogens with one attached hydrogen (secondary N) is 1. The van der Waals surface area contributed by atoms with Crippen molar-refractivity contribution in [2.45, 2.75) is 35.5 Å². The molecule has 6 nitrogen and oxygen atoms in total. The highest BCUT2D eigenvalue weighted by Gasteiger charge is 2.39. The number of carbonyl (C=O) groups is 1. The summed E-state index contributed by atoms with van der Waals surface area (Å²) in [6, 6.07) is 14.0. The summed E-state index contributed by atoms with van der Waals surface area (Å²) in [6.07, 6.45) is -3.86. The van der Waals surface area contributed by atoms with Gasteiger partial charge in [-0.15, -0.1) is 0 Å². The SMILES string of the molecule is CC(NC(=O)C(F)(F)F)c1ccc(Cc2ccc[n+]([O-])c2S(=O)(=O)c2ccccc2Cl)cc1. The molecule has 2 aromatic carbocycles. The molecule has 1 heterocycles. The van der Waals surface area contributed by atoms with Crippen LogP contribution in [0.2, 0.25) is 5.02 Å². The van der Waals surface area contributed by atoms with E-state index in [2.05, 4.69) is 0 Å². The second kappa shape index (κ2) is 9.40. The first-order valence-electron chi connectivity index (χ1n) is 9.58. The van der Waals surface area contributed by atoms with Crippen LogP contribution in [-0.2, 0) is 21.1 Å². The summed E-state index contributed by atoms with van der Waals surface area (Å²) in [4.78, 5) is 10.9. The number of amides is 1. The van der Waals surface area contributed by atoms with Crippen molar-refractivity contribution in [1.82, 2.24) is 5.32 Å². The smallest absolute Gasteiger partial charge is 0.471 e. The lowest BCUT2D eigenvalue weighted by Crippen LogP contribution is -2.38. The van der Waals surface area contributed by atoms with E-state index in [1.165, 1.54) is 49.4 Å². The summed E-state index contributed by atoms with van der Waals surface area (Å²) in [6.45, 7) is 1.41. The molecule has 0 saturated carbocycles. The average Bonchev–Trinajstić information content (AvgIpc) is 2.73. The van der Waals surface area contributed by atoms with E-state index in [-0.39, 0.29) is 26.6 Å². The zero-order valence-corrected chi connectivity index (χ0v) is 18.7. The molecule has 0 saturated heterocycles. The molecule has 3 aromatic rings. The minimum Gasteiger partial charge on any atom is -0.618 e. The first-order chi connectivity index (χ1) is 15.4. The largest absolute Gasteiger partial charge is 0.618 e. The van der Waals surface area contributed by atoms with E-state index in [4.69, 9.17) is 11.6 Å². The molecule has 3 rings (SSSR count). The molecule has 0 radical (unpaired) electrons. The van der Waals surface area contributed by atoms with Gasteiger partial charge in [-0.1, -0.05) is 48.0 Å². The van der Waals surface area contributed by atoms with Crippen molar-refractivity contribution in [3.8, 4) is 0 Å². The predicted octanol–water partition coefficient (Wildman–Crippen LogP) is 4.14. The lowest BCUT2D eigenvalue weighted by atomic mass is 10.0. The Labute approximate surface area is 193 Å². The number of nitrogens with zero attached hydrogens (tertiary/aromatic N) is 1. The van der Waals surface area contributed by atoms with Crippen molar-refractivity contribution in [3.05, 3.63) is 93.8 Å². The van der Waals surface area contributed by atoms with E-state index in [9.17, 15) is 31.6 Å². The van der Waals surface area contributed by atoms with Gasteiger partial charge in [-0.2, -0.15) is 17.9 Å². The van der Waals surface area contributed by atoms with E-state index in [0.717, 1.165) is 6.20 Å². The Morgan fingerprint density at radius 1 is 1.09 bits per heavy atom. The number of halogens is 4. The molecule has 0 aliphatic carbocycles. The van der Waals surface area contributed by atoms with Crippen molar-refractivity contribution < 1.29 is 31.1 Å². The van der Waals surface area contributed by atoms with Crippen LogP contribution in [0.5, 0.6) is 0 Å². The number of carbonyl (C=O) groups excluding carboxylic acids is 1. The third-order valence-electron chi connectivity index (χ3n) is 4.85. The summed E-state index contributed by atoms with van der Waals surface area (Å²) in [7, 11) is -4.24. The standard InChI is InChI=1S/C22H18ClF3N2O4S/c1-14(27-21(29)22(24,25)26)16-10-8-15(9-11-16)13-17-5-4-12-28(30)20(17)33(31,32)19-7-3-2-6-18(19)23/h2-12,14H,13H2,1H3,(H,27,29). The van der Waals surface area contributed by atoms with Crippen LogP contribution in [0.15, 0.2) is 76.8 Å². The molecule has 0 aliphatic rings. The fraction of sp³-hybridized carbons (Fsp3) is 0.182. The lowest BCUT2D eigenvalue weighted by molar-refractivity contribution is -0.647. The highest BCUT2D eigenvalue weighted by Crippen LogP contribution is 2.28. The second-order valence-electron chi connectivity index (χ2n) is 7.21. The number of hydrogen-bond donors (Lipinski definition) is 1. The Bertz CT molecular complexity index is 1280. The van der Waals surface area contributed by atoms with Crippen molar-refractivity contribution in [3.63, 3.8) is 0 Å². The minimum absolute atomic E-state index is 0.0217. The highest BCUT2D eigenvalue weighted by atomic mass is 35.5. The van der Waals surface area contributed by atoms with Crippen LogP contribution < -0.4 is 10.0 Å². The third-order valence-corrected chi connectivity index (χ3v) is 7.18. The molecule has 1 atom stereocenters. The lowest BCUT2D eigenvalue weighted by Gasteiger charge is -2.16. The van der Waals surface area contributed by atoms with Gasteiger partial charge in [-0.25, -0.2) is 8.42 Å². The normalized spacial score (nSPS) is 12.9. The van der Waals surface area contributed by atoms with Crippen LogP contribution >= 0.6 is 11.6 Å². The quantitative estimate of drug-likeness (QED) is 0.408. The molecule has 174 valence electrons. The molecular weight excluding hydrogens is 481 g/mol. The van der Waals surface area contributed by atoms with Gasteiger partial charge in [0.15, 0.2) is 6.20 Å². The monoisotopic (exact) mass is 498 g/mol. The molecule has 0 spiro atoms. The molecule has 1 N–H and O–H groups in total. The van der Waals surface area contributed by atoms with E-state index < -0.39 is 33.0 Å². The number of pyridine rings is 1. The van der Waals surface area contributed by atoms with Crippen LogP contribution in [0, 0.1) is 5.21 Å². The van der Waals surface area contributed by atoms with Gasteiger partial charge in [0.05, 0.1) is 16.0 Å². The van der Waals surface area contributed by atoms with Gasteiger partial charge >= 0.3 is 17.1 Å². The van der Waals surface area contributed by atoms with Crippen molar-refractivity contribution >= 4 is 27.3 Å². The number of benzene rings is 2. The average molecular weight is 499 g/mol. The Kier molecular flexibility index (Phi) is 6.99. The first-order valence-corrected chi connectivity index (χ1v) is 11.4. The number of aromatic nitrogens is 1. The highest BCUT2D eigenvalue weighted by molar-refractivity contribution is 7.91. The zero-order chi connectivity index (χ0) is 24.4. The fourth-order valence-corrected chi connectivity index (χ4v) is 5.23. The summed E-state index contributed by atoms with van der Waals surface area (Å²) < 4.78 is 64.0. The Morgan fingerprint density at radius 2 is 1.73 bits per heavy atom. The van der Waals surface area contributed by atoms with Gasteiger partial charge in [-0.05, 0) is 36.2 Å². The number of sulfone groups is 1. The van der Waals surface area contributed by atoms with Gasteiger partial charge in [0, 0.05) is 18.1 Å². The Hall–Kier alpha value is -3.11. The van der Waals surface area contributed by atoms with Crippen LogP contribution in [0.1, 0.15) is 29.7 Å².